The van der Waals surface area contributed by atoms with Gasteiger partial charge in [0.1, 0.15) is 30.7 Å². The highest BCUT2D eigenvalue weighted by atomic mass is 31.3. The number of ether oxygens (including phenoxy) is 3. The number of nitrogens with two attached hydrogens (primary N) is 1. The molecule has 0 saturated carbocycles. The van der Waals surface area contributed by atoms with Crippen molar-refractivity contribution >= 4 is 33.4 Å². The molecule has 1 aromatic heterocycles. The molecule has 19 nitrogen and oxygen atoms in total. The number of unbranched alkanes of at least 4 members (excludes halogenated alkanes) is 15. The summed E-state index contributed by atoms with van der Waals surface area (Å²) in [4.78, 5) is 61.9. The van der Waals surface area contributed by atoms with E-state index in [9.17, 15) is 48.6 Å². The van der Waals surface area contributed by atoms with Crippen LogP contribution in [0.5, 0.6) is 0 Å². The highest BCUT2D eigenvalue weighted by molar-refractivity contribution is 7.61. The standard InChI is InChI=1S/C50H83N3O16P2/c1-3-5-7-9-11-12-13-14-15-16-17-18-22-26-30-34-45(55)64-38-42(67-46(56)35-31-27-23-20-19-21-25-29-33-41(54)32-28-24-10-8-6-4-2)39-65-70(60,61)69-71(62,63)66-40-43-47(57)48(58)49(68-43)53-37-36-44(51)52-50(53)59/h12-13,20-21,23-25,28-29,33,36-37,41-43,47-49,54,57-58H,3-11,14-19,22,26-27,30-32,34-35,38-40H2,1-2H3,(H,60,61)(H,62,63)(H2,51,52,59)/b13-12-,23-20-,25-21-,28-24-,33-29+/t41-,42+,43+,47+,48+,49+/m0/s1. The third kappa shape index (κ3) is 30.9. The largest absolute Gasteiger partial charge is 0.481 e. The van der Waals surface area contributed by atoms with E-state index >= 15 is 0 Å². The van der Waals surface area contributed by atoms with Crippen molar-refractivity contribution < 1.29 is 71.4 Å². The van der Waals surface area contributed by atoms with Crippen LogP contribution in [0, 0.1) is 0 Å². The second-order valence-corrected chi connectivity index (χ2v) is 20.6. The maximum absolute atomic E-state index is 12.8. The number of phosphoric acid groups is 2. The number of hydrogen-bond donors (Lipinski definition) is 6. The van der Waals surface area contributed by atoms with E-state index < -0.39 is 89.8 Å². The molecule has 0 radical (unpaired) electrons. The first-order valence-electron chi connectivity index (χ1n) is 25.4. The molecule has 404 valence electrons. The third-order valence-electron chi connectivity index (χ3n) is 11.2. The summed E-state index contributed by atoms with van der Waals surface area (Å²) >= 11 is 0. The zero-order valence-corrected chi connectivity index (χ0v) is 43.7. The Balaban J connectivity index is 1.85. The average Bonchev–Trinajstić information content (AvgIpc) is 3.60. The lowest BCUT2D eigenvalue weighted by Gasteiger charge is -2.21. The molecule has 1 saturated heterocycles. The van der Waals surface area contributed by atoms with Crippen molar-refractivity contribution in [3.05, 3.63) is 83.5 Å². The zero-order valence-electron chi connectivity index (χ0n) is 41.9. The number of allylic oxidation sites excluding steroid dienone is 8. The van der Waals surface area contributed by atoms with E-state index in [1.165, 1.54) is 44.6 Å². The predicted octanol–water partition coefficient (Wildman–Crippen LogP) is 9.30. The van der Waals surface area contributed by atoms with E-state index in [0.29, 0.717) is 32.1 Å². The van der Waals surface area contributed by atoms with Gasteiger partial charge in [-0.3, -0.25) is 23.2 Å². The number of esters is 2. The first-order chi connectivity index (χ1) is 34.1. The van der Waals surface area contributed by atoms with Crippen LogP contribution in [0.2, 0.25) is 0 Å². The quantitative estimate of drug-likeness (QED) is 0.0117. The summed E-state index contributed by atoms with van der Waals surface area (Å²) in [5, 5.41) is 31.0. The number of carbonyl (C=O) groups is 2. The summed E-state index contributed by atoms with van der Waals surface area (Å²) < 4.78 is 56.6. The minimum atomic E-state index is -5.45. The van der Waals surface area contributed by atoms with E-state index in [4.69, 9.17) is 29.0 Å². The van der Waals surface area contributed by atoms with E-state index in [2.05, 4.69) is 41.4 Å². The molecule has 1 aliphatic heterocycles. The fourth-order valence-corrected chi connectivity index (χ4v) is 9.26. The summed E-state index contributed by atoms with van der Waals surface area (Å²) in [5.41, 5.74) is 4.57. The van der Waals surface area contributed by atoms with Crippen LogP contribution in [0.4, 0.5) is 5.82 Å². The van der Waals surface area contributed by atoms with Crippen LogP contribution in [0.15, 0.2) is 77.8 Å². The number of aliphatic hydroxyl groups excluding tert-OH is 3. The minimum absolute atomic E-state index is 0.0603. The SMILES string of the molecule is CCCCC/C=C\C[C@H](O)/C=C/C=C\C/C=C\CCCC(=O)O[C@H](COC(=O)CCCCCCCCC/C=C\CCCCCC)COP(=O)(O)OP(=O)(O)OC[C@H]1O[C@@H](n2ccc(N)nc2=O)[C@H](O)[C@@H]1O. The molecule has 1 aromatic rings. The fourth-order valence-electron chi connectivity index (χ4n) is 7.15. The van der Waals surface area contributed by atoms with Gasteiger partial charge in [0.15, 0.2) is 12.3 Å². The summed E-state index contributed by atoms with van der Waals surface area (Å²) in [5.74, 6) is -1.42. The Kier molecular flexibility index (Phi) is 34.1. The predicted molar refractivity (Wildman–Crippen MR) is 272 cm³/mol. The molecule has 0 bridgehead atoms. The first kappa shape index (κ1) is 63.5. The van der Waals surface area contributed by atoms with Crippen LogP contribution in [0.1, 0.15) is 168 Å². The Hall–Kier alpha value is -3.58. The number of rotatable bonds is 41. The normalized spacial score (nSPS) is 20.1. The lowest BCUT2D eigenvalue weighted by Crippen LogP contribution is -2.36. The molecule has 0 amide bonds. The molecule has 71 heavy (non-hydrogen) atoms. The molecule has 21 heteroatoms. The Morgan fingerprint density at radius 1 is 0.746 bits per heavy atom. The monoisotopic (exact) mass is 1040 g/mol. The first-order valence-corrected chi connectivity index (χ1v) is 28.4. The summed E-state index contributed by atoms with van der Waals surface area (Å²) in [6.45, 7) is 1.97. The topological polar surface area (TPSA) is 286 Å². The Morgan fingerprint density at radius 2 is 1.32 bits per heavy atom. The van der Waals surface area contributed by atoms with Gasteiger partial charge in [-0.25, -0.2) is 13.9 Å². The van der Waals surface area contributed by atoms with Gasteiger partial charge in [0.2, 0.25) is 0 Å². The smallest absolute Gasteiger partial charge is 0.462 e. The molecular formula is C50H83N3O16P2. The van der Waals surface area contributed by atoms with Crippen LogP contribution in [0.3, 0.4) is 0 Å². The van der Waals surface area contributed by atoms with Crippen molar-refractivity contribution in [3.8, 4) is 0 Å². The van der Waals surface area contributed by atoms with Crippen LogP contribution in [-0.4, -0.2) is 96.9 Å². The minimum Gasteiger partial charge on any atom is -0.462 e. The molecule has 2 heterocycles. The summed E-state index contributed by atoms with van der Waals surface area (Å²) in [6.07, 6.45) is 33.3. The Morgan fingerprint density at radius 3 is 2.01 bits per heavy atom. The molecule has 0 aromatic carbocycles. The maximum Gasteiger partial charge on any atom is 0.481 e. The number of nitrogen functional groups attached to an aromatic ring is 1. The average molecular weight is 1040 g/mol. The molecule has 2 rings (SSSR count). The highest BCUT2D eigenvalue weighted by Gasteiger charge is 2.46. The van der Waals surface area contributed by atoms with Gasteiger partial charge >= 0.3 is 33.3 Å². The molecule has 1 aliphatic rings. The van der Waals surface area contributed by atoms with E-state index in [1.54, 1.807) is 12.2 Å². The van der Waals surface area contributed by atoms with Gasteiger partial charge in [-0.2, -0.15) is 9.29 Å². The van der Waals surface area contributed by atoms with Gasteiger partial charge in [0.25, 0.3) is 0 Å². The number of phosphoric ester groups is 2. The van der Waals surface area contributed by atoms with Crippen molar-refractivity contribution in [2.75, 3.05) is 25.6 Å². The van der Waals surface area contributed by atoms with Gasteiger partial charge in [-0.15, -0.1) is 0 Å². The van der Waals surface area contributed by atoms with E-state index in [1.807, 2.05) is 30.4 Å². The van der Waals surface area contributed by atoms with Crippen LogP contribution in [-0.2, 0) is 46.3 Å². The number of nitrogens with zero attached hydrogens (tertiary/aromatic N) is 2. The van der Waals surface area contributed by atoms with Crippen molar-refractivity contribution in [3.63, 3.8) is 0 Å². The fraction of sp³-hybridized carbons (Fsp3) is 0.680. The lowest BCUT2D eigenvalue weighted by atomic mass is 10.1. The third-order valence-corrected chi connectivity index (χ3v) is 13.8. The summed E-state index contributed by atoms with van der Waals surface area (Å²) in [6, 6.07) is 1.24. The van der Waals surface area contributed by atoms with Crippen molar-refractivity contribution in [2.24, 2.45) is 0 Å². The van der Waals surface area contributed by atoms with Gasteiger partial charge in [-0.05, 0) is 76.7 Å². The van der Waals surface area contributed by atoms with Crippen LogP contribution >= 0.6 is 15.6 Å². The zero-order chi connectivity index (χ0) is 52.2. The molecule has 7 N–H and O–H groups in total. The number of aromatic nitrogens is 2. The number of anilines is 1. The van der Waals surface area contributed by atoms with Crippen LogP contribution in [0.25, 0.3) is 0 Å². The number of carbonyl (C=O) groups excluding carboxylic acids is 2. The molecule has 0 spiro atoms. The molecule has 0 aliphatic carbocycles. The van der Waals surface area contributed by atoms with Crippen molar-refractivity contribution in [1.29, 1.82) is 0 Å². The van der Waals surface area contributed by atoms with Crippen molar-refractivity contribution in [1.82, 2.24) is 9.55 Å². The van der Waals surface area contributed by atoms with Gasteiger partial charge in [0.05, 0.1) is 19.3 Å². The highest BCUT2D eigenvalue weighted by Crippen LogP contribution is 2.60. The molecule has 1 fully saturated rings. The Bertz CT molecular complexity index is 1940. The second-order valence-electron chi connectivity index (χ2n) is 17.5. The molecule has 2 unspecified atom stereocenters. The molecular weight excluding hydrogens is 961 g/mol. The second kappa shape index (κ2) is 38.1. The van der Waals surface area contributed by atoms with Gasteiger partial charge in [0, 0.05) is 19.0 Å². The summed E-state index contributed by atoms with van der Waals surface area (Å²) in [7, 11) is -10.9. The Labute approximate surface area is 420 Å². The van der Waals surface area contributed by atoms with Crippen LogP contribution < -0.4 is 11.4 Å². The van der Waals surface area contributed by atoms with E-state index in [0.717, 1.165) is 75.0 Å². The van der Waals surface area contributed by atoms with E-state index in [-0.39, 0.29) is 18.7 Å². The number of aliphatic hydroxyl groups is 3. The maximum atomic E-state index is 12.8. The lowest BCUT2D eigenvalue weighted by molar-refractivity contribution is -0.161. The van der Waals surface area contributed by atoms with Gasteiger partial charge < -0.3 is 45.1 Å². The molecule has 8 atom stereocenters. The van der Waals surface area contributed by atoms with Gasteiger partial charge in [-0.1, -0.05) is 139 Å². The number of hydrogen-bond acceptors (Lipinski definition) is 16. The van der Waals surface area contributed by atoms with Crippen molar-refractivity contribution in [2.45, 2.75) is 198 Å².